The van der Waals surface area contributed by atoms with Gasteiger partial charge in [-0.1, -0.05) is 23.8 Å². The van der Waals surface area contributed by atoms with Crippen LogP contribution < -0.4 is 4.90 Å². The Balaban J connectivity index is 1.51. The summed E-state index contributed by atoms with van der Waals surface area (Å²) in [6, 6.07) is 0. The topological polar surface area (TPSA) is 116 Å². The van der Waals surface area contributed by atoms with Crippen molar-refractivity contribution in [1.82, 2.24) is 4.98 Å². The fraction of sp³-hybridized carbons (Fsp3) is 0.727. The first-order chi connectivity index (χ1) is 14.6. The summed E-state index contributed by atoms with van der Waals surface area (Å²) in [5.74, 6) is -0.326. The lowest BCUT2D eigenvalue weighted by Gasteiger charge is -2.38. The van der Waals surface area contributed by atoms with Crippen molar-refractivity contribution in [3.63, 3.8) is 0 Å². The van der Waals surface area contributed by atoms with Gasteiger partial charge in [0.25, 0.3) is 0 Å². The normalized spacial score (nSPS) is 33.1. The van der Waals surface area contributed by atoms with Crippen LogP contribution in [0.4, 0.5) is 5.13 Å². The average Bonchev–Trinajstić information content (AvgIpc) is 3.27. The van der Waals surface area contributed by atoms with Gasteiger partial charge in [-0.3, -0.25) is 4.79 Å². The Hall–Kier alpha value is -1.36. The Bertz CT molecular complexity index is 795. The van der Waals surface area contributed by atoms with Crippen LogP contribution in [0.1, 0.15) is 43.3 Å². The number of thiazole rings is 1. The molecule has 2 fully saturated rings. The zero-order valence-corrected chi connectivity index (χ0v) is 19.6. The van der Waals surface area contributed by atoms with Crippen molar-refractivity contribution in [3.8, 4) is 0 Å². The van der Waals surface area contributed by atoms with Gasteiger partial charge in [0.1, 0.15) is 6.10 Å². The number of carbonyl (C=O) groups excluding carboxylic acids is 1. The number of rotatable bonds is 9. The lowest BCUT2D eigenvalue weighted by Crippen LogP contribution is -2.50. The number of epoxide rings is 1. The number of aliphatic hydroxyl groups excluding tert-OH is 3. The third-order valence-electron chi connectivity index (χ3n) is 6.19. The van der Waals surface area contributed by atoms with Crippen LogP contribution >= 0.6 is 11.3 Å². The van der Waals surface area contributed by atoms with Gasteiger partial charge in [-0.05, 0) is 32.8 Å². The molecule has 3 heterocycles. The second-order valence-corrected chi connectivity index (χ2v) is 10.1. The minimum atomic E-state index is -1.03. The number of carbonyl (C=O) groups is 1. The predicted octanol–water partition coefficient (Wildman–Crippen LogP) is 1.64. The van der Waals surface area contributed by atoms with Gasteiger partial charge in [0, 0.05) is 25.9 Å². The molecule has 2 saturated heterocycles. The number of aliphatic hydroxyl groups is 3. The number of anilines is 1. The number of aromatic nitrogens is 1. The molecular weight excluding hydrogens is 420 g/mol. The van der Waals surface area contributed by atoms with E-state index in [9.17, 15) is 20.1 Å². The average molecular weight is 455 g/mol. The minimum absolute atomic E-state index is 0.0157. The van der Waals surface area contributed by atoms with Crippen LogP contribution in [0.2, 0.25) is 0 Å². The second kappa shape index (κ2) is 10.1. The SMILES string of the molecule is C/C(=C\C(=O)c1cnc(N(C)C)s1)C[C@@H]1OC[C@H](C[C@@H]2O[C@H]2[C@@H](C)[C@H](C)O)[C@@H](O)[C@H]1O. The summed E-state index contributed by atoms with van der Waals surface area (Å²) in [6.07, 6.45) is 1.04. The third-order valence-corrected chi connectivity index (χ3v) is 7.37. The molecule has 9 heteroatoms. The molecule has 1 aromatic rings. The molecule has 2 aliphatic heterocycles. The molecule has 8 atom stereocenters. The lowest BCUT2D eigenvalue weighted by molar-refractivity contribution is -0.165. The van der Waals surface area contributed by atoms with E-state index < -0.39 is 24.4 Å². The molecule has 0 radical (unpaired) electrons. The molecule has 0 aromatic carbocycles. The molecule has 31 heavy (non-hydrogen) atoms. The Kier molecular flexibility index (Phi) is 7.88. The van der Waals surface area contributed by atoms with Gasteiger partial charge in [-0.25, -0.2) is 4.98 Å². The molecule has 3 rings (SSSR count). The maximum Gasteiger partial charge on any atom is 0.197 e. The quantitative estimate of drug-likeness (QED) is 0.293. The molecule has 0 saturated carbocycles. The molecule has 0 amide bonds. The van der Waals surface area contributed by atoms with E-state index in [0.717, 1.165) is 10.7 Å². The van der Waals surface area contributed by atoms with Gasteiger partial charge in [0.05, 0.1) is 48.2 Å². The summed E-state index contributed by atoms with van der Waals surface area (Å²) in [7, 11) is 3.75. The van der Waals surface area contributed by atoms with E-state index in [0.29, 0.717) is 24.3 Å². The molecule has 8 nitrogen and oxygen atoms in total. The number of hydrogen-bond acceptors (Lipinski definition) is 9. The highest BCUT2D eigenvalue weighted by Gasteiger charge is 2.48. The van der Waals surface area contributed by atoms with Crippen molar-refractivity contribution < 1.29 is 29.6 Å². The molecule has 2 aliphatic rings. The Morgan fingerprint density at radius 3 is 2.65 bits per heavy atom. The molecule has 0 spiro atoms. The van der Waals surface area contributed by atoms with Crippen molar-refractivity contribution in [3.05, 3.63) is 22.7 Å². The smallest absolute Gasteiger partial charge is 0.197 e. The van der Waals surface area contributed by atoms with E-state index in [1.54, 1.807) is 19.2 Å². The standard InChI is InChI=1S/C22H34N2O6S/c1-11(6-15(26)18-9-23-22(31-18)24(4)5)7-16-20(28)19(27)14(10-29-16)8-17-21(30-17)12(2)13(3)25/h6,9,12-14,16-17,19-21,25,27-28H,7-8,10H2,1-5H3/b11-6+/t12-,13-,14-,16-,17-,19+,20-,21-/m0/s1. The molecular formula is C22H34N2O6S. The number of hydrogen-bond donors (Lipinski definition) is 3. The van der Waals surface area contributed by atoms with Crippen molar-refractivity contribution in [2.24, 2.45) is 11.8 Å². The summed E-state index contributed by atoms with van der Waals surface area (Å²) < 4.78 is 11.5. The van der Waals surface area contributed by atoms with E-state index in [1.807, 2.05) is 32.8 Å². The van der Waals surface area contributed by atoms with Gasteiger partial charge in [0.15, 0.2) is 10.9 Å². The van der Waals surface area contributed by atoms with Gasteiger partial charge in [-0.15, -0.1) is 0 Å². The van der Waals surface area contributed by atoms with Crippen LogP contribution in [-0.4, -0.2) is 83.4 Å². The van der Waals surface area contributed by atoms with Crippen molar-refractivity contribution >= 4 is 22.3 Å². The Labute approximate surface area is 187 Å². The first-order valence-corrected chi connectivity index (χ1v) is 11.6. The molecule has 0 aliphatic carbocycles. The van der Waals surface area contributed by atoms with E-state index in [-0.39, 0.29) is 29.8 Å². The maximum atomic E-state index is 12.5. The first-order valence-electron chi connectivity index (χ1n) is 10.7. The van der Waals surface area contributed by atoms with Gasteiger partial charge in [-0.2, -0.15) is 0 Å². The summed E-state index contributed by atoms with van der Waals surface area (Å²) in [5.41, 5.74) is 0.774. The molecule has 0 bridgehead atoms. The van der Waals surface area contributed by atoms with Gasteiger partial charge < -0.3 is 29.7 Å². The van der Waals surface area contributed by atoms with Gasteiger partial charge >= 0.3 is 0 Å². The van der Waals surface area contributed by atoms with Crippen molar-refractivity contribution in [1.29, 1.82) is 0 Å². The molecule has 3 N–H and O–H groups in total. The monoisotopic (exact) mass is 454 g/mol. The zero-order valence-electron chi connectivity index (χ0n) is 18.8. The number of ketones is 1. The van der Waals surface area contributed by atoms with Crippen LogP contribution in [0.25, 0.3) is 0 Å². The fourth-order valence-electron chi connectivity index (χ4n) is 3.97. The van der Waals surface area contributed by atoms with E-state index in [1.165, 1.54) is 11.3 Å². The van der Waals surface area contributed by atoms with E-state index in [2.05, 4.69) is 4.98 Å². The van der Waals surface area contributed by atoms with Gasteiger partial charge in [0.2, 0.25) is 0 Å². The number of nitrogens with zero attached hydrogens (tertiary/aromatic N) is 2. The fourth-order valence-corrected chi connectivity index (χ4v) is 4.72. The second-order valence-electron chi connectivity index (χ2n) is 9.05. The minimum Gasteiger partial charge on any atom is -0.393 e. The number of ether oxygens (including phenoxy) is 2. The molecule has 174 valence electrons. The lowest BCUT2D eigenvalue weighted by atomic mass is 9.85. The van der Waals surface area contributed by atoms with Crippen LogP contribution in [0, 0.1) is 11.8 Å². The van der Waals surface area contributed by atoms with E-state index >= 15 is 0 Å². The Morgan fingerprint density at radius 1 is 1.32 bits per heavy atom. The Morgan fingerprint density at radius 2 is 2.03 bits per heavy atom. The highest BCUT2D eigenvalue weighted by atomic mass is 32.1. The number of allylic oxidation sites excluding steroid dienone is 1. The maximum absolute atomic E-state index is 12.5. The van der Waals surface area contributed by atoms with Crippen molar-refractivity contribution in [2.75, 3.05) is 25.6 Å². The first kappa shape index (κ1) is 24.3. The summed E-state index contributed by atoms with van der Waals surface area (Å²) in [6.45, 7) is 5.83. The highest BCUT2D eigenvalue weighted by Crippen LogP contribution is 2.38. The molecule has 0 unspecified atom stereocenters. The van der Waals surface area contributed by atoms with Crippen LogP contribution in [0.3, 0.4) is 0 Å². The molecule has 1 aromatic heterocycles. The van der Waals surface area contributed by atoms with Crippen molar-refractivity contribution in [2.45, 2.75) is 70.2 Å². The van der Waals surface area contributed by atoms with Crippen LogP contribution in [-0.2, 0) is 9.47 Å². The summed E-state index contributed by atoms with van der Waals surface area (Å²) in [5, 5.41) is 31.7. The zero-order chi connectivity index (χ0) is 22.9. The van der Waals surface area contributed by atoms with Crippen LogP contribution in [0.5, 0.6) is 0 Å². The van der Waals surface area contributed by atoms with Crippen LogP contribution in [0.15, 0.2) is 17.8 Å². The summed E-state index contributed by atoms with van der Waals surface area (Å²) in [4.78, 5) is 19.1. The highest BCUT2D eigenvalue weighted by molar-refractivity contribution is 7.17. The summed E-state index contributed by atoms with van der Waals surface area (Å²) >= 11 is 1.33. The predicted molar refractivity (Wildman–Crippen MR) is 119 cm³/mol. The van der Waals surface area contributed by atoms with E-state index in [4.69, 9.17) is 9.47 Å². The largest absolute Gasteiger partial charge is 0.393 e. The third kappa shape index (κ3) is 5.91.